The van der Waals surface area contributed by atoms with E-state index in [9.17, 15) is 4.79 Å². The number of nitrogens with one attached hydrogen (secondary N) is 2. The fourth-order valence-electron chi connectivity index (χ4n) is 1.85. The van der Waals surface area contributed by atoms with E-state index in [1.165, 1.54) is 0 Å². The fraction of sp³-hybridized carbons (Fsp3) is 0.500. The Morgan fingerprint density at radius 3 is 2.53 bits per heavy atom. The third-order valence-corrected chi connectivity index (χ3v) is 2.92. The molecule has 1 heterocycles. The fourth-order valence-corrected chi connectivity index (χ4v) is 1.85. The van der Waals surface area contributed by atoms with Crippen molar-refractivity contribution in [2.45, 2.75) is 19.9 Å². The maximum atomic E-state index is 12.0. The lowest BCUT2D eigenvalue weighted by atomic mass is 10.1. The van der Waals surface area contributed by atoms with Crippen LogP contribution in [-0.2, 0) is 0 Å². The average Bonchev–Trinajstić information content (AvgIpc) is 2.36. The van der Waals surface area contributed by atoms with E-state index >= 15 is 0 Å². The predicted molar refractivity (Wildman–Crippen MR) is 72.9 cm³/mol. The van der Waals surface area contributed by atoms with Crippen molar-refractivity contribution in [3.8, 4) is 11.5 Å². The summed E-state index contributed by atoms with van der Waals surface area (Å²) in [6.07, 6.45) is 0. The van der Waals surface area contributed by atoms with Crippen LogP contribution in [0.5, 0.6) is 11.5 Å². The Hall–Kier alpha value is -1.75. The Labute approximate surface area is 113 Å². The van der Waals surface area contributed by atoms with Gasteiger partial charge < -0.3 is 20.1 Å². The first-order valence-corrected chi connectivity index (χ1v) is 6.65. The van der Waals surface area contributed by atoms with Crippen molar-refractivity contribution in [2.24, 2.45) is 0 Å². The largest absolute Gasteiger partial charge is 0.490 e. The normalized spacial score (nSPS) is 14.6. The number of benzene rings is 1. The molecule has 1 aromatic carbocycles. The highest BCUT2D eigenvalue weighted by atomic mass is 16.5. The lowest BCUT2D eigenvalue weighted by Gasteiger charge is -2.28. The van der Waals surface area contributed by atoms with Crippen molar-refractivity contribution in [1.29, 1.82) is 0 Å². The maximum Gasteiger partial charge on any atom is 0.251 e. The summed E-state index contributed by atoms with van der Waals surface area (Å²) < 4.78 is 11.0. The minimum atomic E-state index is -0.0736. The van der Waals surface area contributed by atoms with Crippen LogP contribution in [0.3, 0.4) is 0 Å². The van der Waals surface area contributed by atoms with Gasteiger partial charge in [0.15, 0.2) is 11.5 Å². The van der Waals surface area contributed by atoms with E-state index in [1.54, 1.807) is 18.2 Å². The van der Waals surface area contributed by atoms with E-state index in [0.717, 1.165) is 13.1 Å². The molecule has 1 amide bonds. The van der Waals surface area contributed by atoms with Gasteiger partial charge in [0.2, 0.25) is 0 Å². The molecule has 2 rings (SSSR count). The third kappa shape index (κ3) is 3.38. The Morgan fingerprint density at radius 1 is 1.26 bits per heavy atom. The number of ether oxygens (including phenoxy) is 2. The predicted octanol–water partition coefficient (Wildman–Crippen LogP) is 1.19. The van der Waals surface area contributed by atoms with Gasteiger partial charge in [-0.05, 0) is 32.0 Å². The standard InChI is InChI=1S/C14H20N2O3/c1-3-18-12-6-5-10(7-13(12)19-4-2)14(17)16-11-8-15-9-11/h5-7,11,15H,3-4,8-9H2,1-2H3,(H,16,17). The topological polar surface area (TPSA) is 59.6 Å². The van der Waals surface area contributed by atoms with Crippen LogP contribution in [0, 0.1) is 0 Å². The molecule has 5 heteroatoms. The molecule has 1 fully saturated rings. The summed E-state index contributed by atoms with van der Waals surface area (Å²) in [7, 11) is 0. The van der Waals surface area contributed by atoms with Crippen molar-refractivity contribution in [3.05, 3.63) is 23.8 Å². The van der Waals surface area contributed by atoms with Crippen LogP contribution in [0.1, 0.15) is 24.2 Å². The molecule has 0 aliphatic carbocycles. The van der Waals surface area contributed by atoms with Gasteiger partial charge in [-0.15, -0.1) is 0 Å². The van der Waals surface area contributed by atoms with Crippen LogP contribution in [0.4, 0.5) is 0 Å². The molecule has 0 aromatic heterocycles. The average molecular weight is 264 g/mol. The molecular formula is C14H20N2O3. The van der Waals surface area contributed by atoms with E-state index < -0.39 is 0 Å². The first-order valence-electron chi connectivity index (χ1n) is 6.65. The smallest absolute Gasteiger partial charge is 0.251 e. The molecule has 0 unspecified atom stereocenters. The molecule has 1 saturated heterocycles. The summed E-state index contributed by atoms with van der Waals surface area (Å²) in [5, 5.41) is 6.07. The zero-order valence-electron chi connectivity index (χ0n) is 11.4. The van der Waals surface area contributed by atoms with Crippen molar-refractivity contribution < 1.29 is 14.3 Å². The zero-order chi connectivity index (χ0) is 13.7. The first-order chi connectivity index (χ1) is 9.24. The van der Waals surface area contributed by atoms with E-state index in [4.69, 9.17) is 9.47 Å². The van der Waals surface area contributed by atoms with E-state index in [0.29, 0.717) is 30.3 Å². The van der Waals surface area contributed by atoms with Crippen LogP contribution in [0.2, 0.25) is 0 Å². The summed E-state index contributed by atoms with van der Waals surface area (Å²) in [4.78, 5) is 12.0. The van der Waals surface area contributed by atoms with Gasteiger partial charge >= 0.3 is 0 Å². The number of carbonyl (C=O) groups is 1. The number of carbonyl (C=O) groups excluding carboxylic acids is 1. The second kappa shape index (κ2) is 6.43. The zero-order valence-corrected chi connectivity index (χ0v) is 11.4. The number of rotatable bonds is 6. The number of amides is 1. The molecule has 1 aromatic rings. The van der Waals surface area contributed by atoms with Crippen LogP contribution < -0.4 is 20.1 Å². The summed E-state index contributed by atoms with van der Waals surface area (Å²) in [5.41, 5.74) is 0.596. The van der Waals surface area contributed by atoms with Crippen molar-refractivity contribution in [3.63, 3.8) is 0 Å². The lowest BCUT2D eigenvalue weighted by Crippen LogP contribution is -2.56. The quantitative estimate of drug-likeness (QED) is 0.810. The van der Waals surface area contributed by atoms with Crippen LogP contribution >= 0.6 is 0 Å². The molecule has 0 bridgehead atoms. The van der Waals surface area contributed by atoms with Crippen molar-refractivity contribution in [2.75, 3.05) is 26.3 Å². The minimum Gasteiger partial charge on any atom is -0.490 e. The van der Waals surface area contributed by atoms with Gasteiger partial charge in [0, 0.05) is 18.7 Å². The molecule has 104 valence electrons. The van der Waals surface area contributed by atoms with Gasteiger partial charge in [-0.3, -0.25) is 4.79 Å². The molecule has 5 nitrogen and oxygen atoms in total. The summed E-state index contributed by atoms with van der Waals surface area (Å²) in [5.74, 6) is 1.21. The second-order valence-electron chi connectivity index (χ2n) is 4.36. The number of hydrogen-bond acceptors (Lipinski definition) is 4. The minimum absolute atomic E-state index is 0.0736. The van der Waals surface area contributed by atoms with Gasteiger partial charge in [0.1, 0.15) is 0 Å². The van der Waals surface area contributed by atoms with Gasteiger partial charge in [-0.2, -0.15) is 0 Å². The van der Waals surface area contributed by atoms with Gasteiger partial charge in [-0.1, -0.05) is 0 Å². The van der Waals surface area contributed by atoms with E-state index in [-0.39, 0.29) is 11.9 Å². The second-order valence-corrected chi connectivity index (χ2v) is 4.36. The van der Waals surface area contributed by atoms with Crippen molar-refractivity contribution >= 4 is 5.91 Å². The molecule has 19 heavy (non-hydrogen) atoms. The highest BCUT2D eigenvalue weighted by molar-refractivity contribution is 5.95. The summed E-state index contributed by atoms with van der Waals surface area (Å²) in [6.45, 7) is 6.60. The highest BCUT2D eigenvalue weighted by Gasteiger charge is 2.20. The Bertz CT molecular complexity index is 444. The van der Waals surface area contributed by atoms with Gasteiger partial charge in [0.25, 0.3) is 5.91 Å². The van der Waals surface area contributed by atoms with Crippen molar-refractivity contribution in [1.82, 2.24) is 10.6 Å². The molecule has 1 aliphatic rings. The Morgan fingerprint density at radius 2 is 1.95 bits per heavy atom. The summed E-state index contributed by atoms with van der Waals surface area (Å²) >= 11 is 0. The Balaban J connectivity index is 2.11. The van der Waals surface area contributed by atoms with Gasteiger partial charge in [-0.25, -0.2) is 0 Å². The van der Waals surface area contributed by atoms with E-state index in [2.05, 4.69) is 10.6 Å². The monoisotopic (exact) mass is 264 g/mol. The molecule has 0 radical (unpaired) electrons. The lowest BCUT2D eigenvalue weighted by molar-refractivity contribution is 0.0923. The van der Waals surface area contributed by atoms with E-state index in [1.807, 2.05) is 13.8 Å². The Kier molecular flexibility index (Phi) is 4.63. The van der Waals surface area contributed by atoms with Crippen LogP contribution in [-0.4, -0.2) is 38.3 Å². The molecule has 0 atom stereocenters. The first kappa shape index (κ1) is 13.7. The van der Waals surface area contributed by atoms with Crippen LogP contribution in [0.15, 0.2) is 18.2 Å². The SMILES string of the molecule is CCOc1ccc(C(=O)NC2CNC2)cc1OCC. The summed E-state index contributed by atoms with van der Waals surface area (Å²) in [6, 6.07) is 5.50. The maximum absolute atomic E-state index is 12.0. The van der Waals surface area contributed by atoms with Crippen LogP contribution in [0.25, 0.3) is 0 Å². The highest BCUT2D eigenvalue weighted by Crippen LogP contribution is 2.28. The molecule has 0 spiro atoms. The van der Waals surface area contributed by atoms with Gasteiger partial charge in [0.05, 0.1) is 19.3 Å². The molecule has 0 saturated carbocycles. The molecular weight excluding hydrogens is 244 g/mol. The third-order valence-electron chi connectivity index (χ3n) is 2.92. The molecule has 2 N–H and O–H groups in total. The number of hydrogen-bond donors (Lipinski definition) is 2. The molecule has 1 aliphatic heterocycles.